The first-order chi connectivity index (χ1) is 16.7. The molecular weight excluding hydrogens is 636 g/mol. The van der Waals surface area contributed by atoms with Gasteiger partial charge >= 0.3 is 10.2 Å². The third kappa shape index (κ3) is 6.49. The Hall–Kier alpha value is -0.980. The summed E-state index contributed by atoms with van der Waals surface area (Å²) in [6.07, 6.45) is -0.226. The van der Waals surface area contributed by atoms with E-state index in [0.717, 1.165) is 33.4 Å². The molecular formula is C28H39F5INO2S. The Morgan fingerprint density at radius 3 is 2.00 bits per heavy atom. The minimum absolute atomic E-state index is 0.0841. The number of hydrogen-bond acceptors (Lipinski definition) is 3. The van der Waals surface area contributed by atoms with Crippen LogP contribution in [-0.4, -0.2) is 15.7 Å². The second kappa shape index (κ2) is 9.01. The number of hydrogen-bond donors (Lipinski definition) is 1. The van der Waals surface area contributed by atoms with Crippen LogP contribution in [-0.2, 0) is 11.2 Å². The van der Waals surface area contributed by atoms with Gasteiger partial charge in [0.2, 0.25) is 0 Å². The SMILES string of the molecule is CC(C)c1nc2c(c(I)c1[C@H](O)c1ccc(S(F)(F)(F)(F)F)cc1)C(OC(C)(C)C(C)(C)C)CC(C)(C)C2. The molecule has 3 nitrogen and oxygen atoms in total. The van der Waals surface area contributed by atoms with Crippen molar-refractivity contribution < 1.29 is 29.3 Å². The predicted molar refractivity (Wildman–Crippen MR) is 152 cm³/mol. The van der Waals surface area contributed by atoms with E-state index >= 15 is 0 Å². The van der Waals surface area contributed by atoms with E-state index in [4.69, 9.17) is 9.72 Å². The van der Waals surface area contributed by atoms with E-state index in [2.05, 4.69) is 57.2 Å². The van der Waals surface area contributed by atoms with Crippen molar-refractivity contribution in [2.24, 2.45) is 10.8 Å². The van der Waals surface area contributed by atoms with Crippen LogP contribution in [0.15, 0.2) is 29.2 Å². The van der Waals surface area contributed by atoms with Crippen molar-refractivity contribution >= 4 is 32.8 Å². The average molecular weight is 676 g/mol. The summed E-state index contributed by atoms with van der Waals surface area (Å²) in [6, 6.07) is 2.51. The number of fused-ring (bicyclic) bond motifs is 1. The third-order valence-corrected chi connectivity index (χ3v) is 10.1. The maximum atomic E-state index is 13.3. The molecule has 1 aromatic heterocycles. The highest BCUT2D eigenvalue weighted by Crippen LogP contribution is 3.02. The van der Waals surface area contributed by atoms with Crippen LogP contribution >= 0.6 is 32.8 Å². The van der Waals surface area contributed by atoms with E-state index in [1.165, 1.54) is 0 Å². The summed E-state index contributed by atoms with van der Waals surface area (Å²) in [5, 5.41) is 11.4. The highest BCUT2D eigenvalue weighted by atomic mass is 127. The monoisotopic (exact) mass is 675 g/mol. The van der Waals surface area contributed by atoms with Crippen LogP contribution in [0.25, 0.3) is 0 Å². The molecule has 0 aliphatic heterocycles. The molecule has 0 radical (unpaired) electrons. The Morgan fingerprint density at radius 2 is 1.55 bits per heavy atom. The Balaban J connectivity index is 2.20. The van der Waals surface area contributed by atoms with Crippen molar-refractivity contribution in [1.82, 2.24) is 4.98 Å². The number of nitrogens with zero attached hydrogens (tertiary/aromatic N) is 1. The van der Waals surface area contributed by atoms with Gasteiger partial charge in [-0.2, -0.15) is 0 Å². The maximum absolute atomic E-state index is 13.3. The van der Waals surface area contributed by atoms with Crippen molar-refractivity contribution in [3.8, 4) is 0 Å². The lowest BCUT2D eigenvalue weighted by atomic mass is 9.73. The van der Waals surface area contributed by atoms with Gasteiger partial charge in [-0.1, -0.05) is 80.0 Å². The number of aromatic nitrogens is 1. The second-order valence-corrected chi connectivity index (χ2v) is 16.6. The van der Waals surface area contributed by atoms with Crippen LogP contribution in [0.1, 0.15) is 115 Å². The van der Waals surface area contributed by atoms with E-state index in [0.29, 0.717) is 29.8 Å². The summed E-state index contributed by atoms with van der Waals surface area (Å²) in [4.78, 5) is 3.02. The number of ether oxygens (including phenoxy) is 1. The highest BCUT2D eigenvalue weighted by Gasteiger charge is 2.65. The molecule has 1 heterocycles. The molecule has 2 atom stereocenters. The molecule has 0 amide bonds. The van der Waals surface area contributed by atoms with Crippen LogP contribution in [0.2, 0.25) is 0 Å². The van der Waals surface area contributed by atoms with Crippen molar-refractivity contribution in [3.05, 3.63) is 55.9 Å². The number of aliphatic hydroxyl groups is 1. The van der Waals surface area contributed by atoms with Gasteiger partial charge in [-0.25, -0.2) is 0 Å². The average Bonchev–Trinajstić information content (AvgIpc) is 2.69. The summed E-state index contributed by atoms with van der Waals surface area (Å²) in [6.45, 7) is 18.6. The summed E-state index contributed by atoms with van der Waals surface area (Å²) in [5.74, 6) is -0.0992. The number of benzene rings is 1. The molecule has 3 rings (SSSR count). The molecule has 0 saturated heterocycles. The minimum Gasteiger partial charge on any atom is -0.384 e. The van der Waals surface area contributed by atoms with Crippen LogP contribution in [0.5, 0.6) is 0 Å². The van der Waals surface area contributed by atoms with Gasteiger partial charge in [0.1, 0.15) is 11.0 Å². The lowest BCUT2D eigenvalue weighted by Gasteiger charge is -2.46. The van der Waals surface area contributed by atoms with E-state index in [1.54, 1.807) is 0 Å². The molecule has 1 aliphatic rings. The van der Waals surface area contributed by atoms with Gasteiger partial charge in [0, 0.05) is 20.4 Å². The Labute approximate surface area is 236 Å². The first-order valence-electron chi connectivity index (χ1n) is 12.7. The van der Waals surface area contributed by atoms with E-state index < -0.39 is 26.8 Å². The largest absolute Gasteiger partial charge is 0.384 e. The molecule has 2 aromatic rings. The van der Waals surface area contributed by atoms with Gasteiger partial charge < -0.3 is 9.84 Å². The molecule has 216 valence electrons. The van der Waals surface area contributed by atoms with Crippen molar-refractivity contribution in [2.45, 2.75) is 104 Å². The molecule has 0 bridgehead atoms. The minimum atomic E-state index is -9.82. The summed E-state index contributed by atoms with van der Waals surface area (Å²) < 4.78 is 73.8. The van der Waals surface area contributed by atoms with Gasteiger partial charge in [0.05, 0.1) is 17.4 Å². The standard InChI is InChI=1S/C28H39F5INO2S/c1-16(2)24-22(25(36)17-10-12-18(13-11-17)38(29,30,31,32)33)23(34)21-19(35-24)14-27(6,7)15-20(21)37-28(8,9)26(3,4)5/h10-13,16,20,25,36H,14-15H2,1-9H3/t20?,25-/m1/s1. The normalized spacial score (nSPS) is 21.0. The zero-order valence-corrected chi connectivity index (χ0v) is 26.4. The van der Waals surface area contributed by atoms with Crippen molar-refractivity contribution in [1.29, 1.82) is 0 Å². The van der Waals surface area contributed by atoms with Gasteiger partial charge in [-0.3, -0.25) is 4.98 Å². The second-order valence-electron chi connectivity index (χ2n) is 13.1. The number of halogens is 6. The number of pyridine rings is 1. The maximum Gasteiger partial charge on any atom is 0.310 e. The highest BCUT2D eigenvalue weighted by molar-refractivity contribution is 14.1. The molecule has 38 heavy (non-hydrogen) atoms. The lowest BCUT2D eigenvalue weighted by molar-refractivity contribution is -0.146. The first kappa shape index (κ1) is 31.5. The molecule has 1 aromatic carbocycles. The topological polar surface area (TPSA) is 42.4 Å². The first-order valence-corrected chi connectivity index (χ1v) is 15.7. The van der Waals surface area contributed by atoms with Gasteiger partial charge in [0.25, 0.3) is 0 Å². The summed E-state index contributed by atoms with van der Waals surface area (Å²) in [5.41, 5.74) is 2.20. The molecule has 0 fully saturated rings. The van der Waals surface area contributed by atoms with Crippen molar-refractivity contribution in [3.63, 3.8) is 0 Å². The fourth-order valence-electron chi connectivity index (χ4n) is 4.65. The van der Waals surface area contributed by atoms with E-state index in [1.807, 2.05) is 27.7 Å². The molecule has 0 saturated carbocycles. The molecule has 1 N–H and O–H groups in total. The quantitative estimate of drug-likeness (QED) is 0.245. The van der Waals surface area contributed by atoms with Crippen LogP contribution in [0.4, 0.5) is 19.4 Å². The smallest absolute Gasteiger partial charge is 0.310 e. The predicted octanol–water partition coefficient (Wildman–Crippen LogP) is 10.4. The van der Waals surface area contributed by atoms with E-state index in [-0.39, 0.29) is 28.4 Å². The molecule has 10 heteroatoms. The number of rotatable bonds is 6. The summed E-state index contributed by atoms with van der Waals surface area (Å²) >= 11 is 2.17. The van der Waals surface area contributed by atoms with Gasteiger partial charge in [-0.05, 0) is 83.7 Å². The fraction of sp³-hybridized carbons (Fsp3) is 0.607. The fourth-order valence-corrected chi connectivity index (χ4v) is 6.53. The Kier molecular flexibility index (Phi) is 7.48. The number of aliphatic hydroxyl groups excluding tert-OH is 1. The van der Waals surface area contributed by atoms with E-state index in [9.17, 15) is 24.5 Å². The van der Waals surface area contributed by atoms with Gasteiger partial charge in [0.15, 0.2) is 0 Å². The van der Waals surface area contributed by atoms with Gasteiger partial charge in [-0.15, -0.1) is 0 Å². The Morgan fingerprint density at radius 1 is 1.03 bits per heavy atom. The van der Waals surface area contributed by atoms with Crippen LogP contribution in [0.3, 0.4) is 0 Å². The zero-order chi connectivity index (χ0) is 29.3. The zero-order valence-electron chi connectivity index (χ0n) is 23.4. The lowest BCUT2D eigenvalue weighted by Crippen LogP contribution is -2.42. The molecule has 1 unspecified atom stereocenters. The van der Waals surface area contributed by atoms with Crippen molar-refractivity contribution in [2.75, 3.05) is 0 Å². The van der Waals surface area contributed by atoms with Crippen LogP contribution in [0, 0.1) is 14.4 Å². The Bertz CT molecular complexity index is 1220. The van der Waals surface area contributed by atoms with Crippen LogP contribution < -0.4 is 0 Å². The third-order valence-electron chi connectivity index (χ3n) is 7.73. The molecule has 0 spiro atoms. The molecule has 1 aliphatic carbocycles. The summed E-state index contributed by atoms with van der Waals surface area (Å²) in [7, 11) is -9.82.